The molecule has 3 heterocycles. The van der Waals surface area contributed by atoms with Gasteiger partial charge in [-0.3, -0.25) is 14.5 Å². The Morgan fingerprint density at radius 2 is 1.91 bits per heavy atom. The monoisotopic (exact) mass is 458 g/mol. The molecule has 0 saturated carbocycles. The molecule has 4 aromatic rings. The van der Waals surface area contributed by atoms with Crippen LogP contribution >= 0.6 is 0 Å². The Morgan fingerprint density at radius 3 is 2.62 bits per heavy atom. The Labute approximate surface area is 197 Å². The van der Waals surface area contributed by atoms with Gasteiger partial charge in [0.1, 0.15) is 5.82 Å². The van der Waals surface area contributed by atoms with Crippen LogP contribution in [0.15, 0.2) is 54.9 Å². The molecule has 0 radical (unpaired) electrons. The highest BCUT2D eigenvalue weighted by Crippen LogP contribution is 2.38. The van der Waals surface area contributed by atoms with E-state index in [4.69, 9.17) is 0 Å². The SMILES string of the molecule is CCC(O)(CC)c1ccc(-c2ccc(CN3Cc4ncccc4C3=O)c(F)c2)c2cn(C)nc12. The van der Waals surface area contributed by atoms with E-state index in [0.29, 0.717) is 30.5 Å². The number of aryl methyl sites for hydroxylation is 1. The van der Waals surface area contributed by atoms with Gasteiger partial charge in [-0.1, -0.05) is 38.1 Å². The van der Waals surface area contributed by atoms with E-state index in [9.17, 15) is 9.90 Å². The second kappa shape index (κ2) is 8.33. The number of hydrogen-bond donors (Lipinski definition) is 1. The number of hydrogen-bond acceptors (Lipinski definition) is 4. The molecule has 0 atom stereocenters. The van der Waals surface area contributed by atoms with Crippen molar-refractivity contribution >= 4 is 16.8 Å². The molecular weight excluding hydrogens is 431 g/mol. The molecule has 1 aliphatic rings. The van der Waals surface area contributed by atoms with Crippen molar-refractivity contribution in [1.29, 1.82) is 0 Å². The highest BCUT2D eigenvalue weighted by Gasteiger charge is 2.30. The maximum absolute atomic E-state index is 15.2. The van der Waals surface area contributed by atoms with Crippen molar-refractivity contribution in [1.82, 2.24) is 19.7 Å². The van der Waals surface area contributed by atoms with Crippen LogP contribution in [0.5, 0.6) is 0 Å². The molecule has 0 bridgehead atoms. The number of carbonyl (C=O) groups is 1. The predicted octanol–water partition coefficient (Wildman–Crippen LogP) is 4.94. The fourth-order valence-corrected chi connectivity index (χ4v) is 4.84. The minimum absolute atomic E-state index is 0.126. The van der Waals surface area contributed by atoms with E-state index in [1.165, 1.54) is 6.07 Å². The highest BCUT2D eigenvalue weighted by atomic mass is 19.1. The first-order chi connectivity index (χ1) is 16.3. The number of carbonyl (C=O) groups excluding carboxylic acids is 1. The number of rotatable bonds is 6. The van der Waals surface area contributed by atoms with Gasteiger partial charge in [-0.05, 0) is 42.2 Å². The van der Waals surface area contributed by atoms with E-state index in [1.807, 2.05) is 45.3 Å². The zero-order chi connectivity index (χ0) is 24.0. The molecule has 5 rings (SSSR count). The standard InChI is InChI=1S/C27H27FN4O2/c1-4-27(34,5-2)22-11-10-19(21-15-31(3)30-25(21)22)17-8-9-18(23(28)13-17)14-32-16-24-20(26(32)33)7-6-12-29-24/h6-13,15,34H,4-5,14,16H2,1-3H3. The molecule has 0 fully saturated rings. The molecule has 34 heavy (non-hydrogen) atoms. The Balaban J connectivity index is 1.49. The van der Waals surface area contributed by atoms with Crippen LogP contribution in [0.3, 0.4) is 0 Å². The summed E-state index contributed by atoms with van der Waals surface area (Å²) in [4.78, 5) is 18.5. The maximum atomic E-state index is 15.2. The van der Waals surface area contributed by atoms with Gasteiger partial charge in [-0.15, -0.1) is 0 Å². The average Bonchev–Trinajstić information content (AvgIpc) is 3.38. The van der Waals surface area contributed by atoms with Crippen LogP contribution in [-0.2, 0) is 25.7 Å². The lowest BCUT2D eigenvalue weighted by molar-refractivity contribution is 0.0297. The third kappa shape index (κ3) is 3.56. The molecule has 2 aromatic carbocycles. The van der Waals surface area contributed by atoms with Gasteiger partial charge in [-0.25, -0.2) is 4.39 Å². The van der Waals surface area contributed by atoms with E-state index in [1.54, 1.807) is 34.0 Å². The summed E-state index contributed by atoms with van der Waals surface area (Å²) in [6.07, 6.45) is 4.72. The van der Waals surface area contributed by atoms with Crippen LogP contribution in [0, 0.1) is 5.82 Å². The normalized spacial score (nSPS) is 13.7. The quantitative estimate of drug-likeness (QED) is 0.444. The van der Waals surface area contributed by atoms with Crippen molar-refractivity contribution in [3.05, 3.63) is 83.1 Å². The number of pyridine rings is 1. The second-order valence-corrected chi connectivity index (χ2v) is 8.93. The summed E-state index contributed by atoms with van der Waals surface area (Å²) in [5.41, 5.74) is 3.88. The summed E-state index contributed by atoms with van der Waals surface area (Å²) >= 11 is 0. The summed E-state index contributed by atoms with van der Waals surface area (Å²) in [6, 6.07) is 12.4. The molecule has 0 unspecified atom stereocenters. The second-order valence-electron chi connectivity index (χ2n) is 8.93. The van der Waals surface area contributed by atoms with E-state index >= 15 is 4.39 Å². The zero-order valence-corrected chi connectivity index (χ0v) is 19.5. The van der Waals surface area contributed by atoms with E-state index in [-0.39, 0.29) is 18.3 Å². The van der Waals surface area contributed by atoms with Crippen LogP contribution in [-0.4, -0.2) is 30.7 Å². The zero-order valence-electron chi connectivity index (χ0n) is 19.5. The van der Waals surface area contributed by atoms with Crippen LogP contribution in [0.1, 0.15) is 53.9 Å². The van der Waals surface area contributed by atoms with Crippen molar-refractivity contribution in [2.45, 2.75) is 45.4 Å². The molecule has 1 aliphatic heterocycles. The number of fused-ring (bicyclic) bond motifs is 2. The minimum atomic E-state index is -0.963. The minimum Gasteiger partial charge on any atom is -0.385 e. The smallest absolute Gasteiger partial charge is 0.256 e. The predicted molar refractivity (Wildman–Crippen MR) is 128 cm³/mol. The van der Waals surface area contributed by atoms with Gasteiger partial charge in [-0.2, -0.15) is 5.10 Å². The van der Waals surface area contributed by atoms with Gasteiger partial charge in [0.25, 0.3) is 5.91 Å². The molecule has 1 amide bonds. The van der Waals surface area contributed by atoms with E-state index < -0.39 is 5.60 Å². The molecule has 1 N–H and O–H groups in total. The average molecular weight is 459 g/mol. The van der Waals surface area contributed by atoms with Gasteiger partial charge in [0, 0.05) is 42.5 Å². The van der Waals surface area contributed by atoms with Crippen LogP contribution in [0.2, 0.25) is 0 Å². The van der Waals surface area contributed by atoms with Crippen LogP contribution in [0.4, 0.5) is 4.39 Å². The third-order valence-electron chi connectivity index (χ3n) is 6.94. The lowest BCUT2D eigenvalue weighted by Crippen LogP contribution is -2.24. The van der Waals surface area contributed by atoms with Gasteiger partial charge >= 0.3 is 0 Å². The first-order valence-corrected chi connectivity index (χ1v) is 11.6. The van der Waals surface area contributed by atoms with Crippen molar-refractivity contribution in [3.8, 4) is 11.1 Å². The van der Waals surface area contributed by atoms with E-state index in [2.05, 4.69) is 10.1 Å². The summed E-state index contributed by atoms with van der Waals surface area (Å²) in [7, 11) is 1.84. The van der Waals surface area contributed by atoms with Crippen molar-refractivity contribution in [2.75, 3.05) is 0 Å². The molecule has 7 heteroatoms. The molecule has 0 saturated heterocycles. The number of aliphatic hydroxyl groups is 1. The molecule has 6 nitrogen and oxygen atoms in total. The molecule has 0 aliphatic carbocycles. The topological polar surface area (TPSA) is 71.2 Å². The van der Waals surface area contributed by atoms with Crippen LogP contribution < -0.4 is 0 Å². The largest absolute Gasteiger partial charge is 0.385 e. The Morgan fingerprint density at radius 1 is 1.12 bits per heavy atom. The lowest BCUT2D eigenvalue weighted by Gasteiger charge is -2.26. The lowest BCUT2D eigenvalue weighted by atomic mass is 9.85. The van der Waals surface area contributed by atoms with Gasteiger partial charge < -0.3 is 10.0 Å². The van der Waals surface area contributed by atoms with Gasteiger partial charge in [0.2, 0.25) is 0 Å². The van der Waals surface area contributed by atoms with Crippen molar-refractivity contribution < 1.29 is 14.3 Å². The molecule has 0 spiro atoms. The van der Waals surface area contributed by atoms with Crippen LogP contribution in [0.25, 0.3) is 22.0 Å². The summed E-state index contributed by atoms with van der Waals surface area (Å²) < 4.78 is 16.9. The number of halogens is 1. The molecule has 174 valence electrons. The summed E-state index contributed by atoms with van der Waals surface area (Å²) in [5, 5.41) is 16.6. The first kappa shape index (κ1) is 22.2. The number of aromatic nitrogens is 3. The Kier molecular flexibility index (Phi) is 5.44. The maximum Gasteiger partial charge on any atom is 0.256 e. The summed E-state index contributed by atoms with van der Waals surface area (Å²) in [6.45, 7) is 4.48. The fourth-order valence-electron chi connectivity index (χ4n) is 4.84. The van der Waals surface area contributed by atoms with Crippen molar-refractivity contribution in [3.63, 3.8) is 0 Å². The van der Waals surface area contributed by atoms with E-state index in [0.717, 1.165) is 33.3 Å². The van der Waals surface area contributed by atoms with Crippen molar-refractivity contribution in [2.24, 2.45) is 7.05 Å². The summed E-state index contributed by atoms with van der Waals surface area (Å²) in [5.74, 6) is -0.493. The molecule has 2 aromatic heterocycles. The first-order valence-electron chi connectivity index (χ1n) is 11.6. The Bertz CT molecular complexity index is 1410. The molecular formula is C27H27FN4O2. The number of amides is 1. The number of nitrogens with zero attached hydrogens (tertiary/aromatic N) is 4. The van der Waals surface area contributed by atoms with Gasteiger partial charge in [0.15, 0.2) is 0 Å². The number of benzene rings is 2. The third-order valence-corrected chi connectivity index (χ3v) is 6.94. The highest BCUT2D eigenvalue weighted by molar-refractivity contribution is 5.98. The fraction of sp³-hybridized carbons (Fsp3) is 0.296. The Hall–Kier alpha value is -3.58. The van der Waals surface area contributed by atoms with Gasteiger partial charge in [0.05, 0.1) is 28.9 Å².